The minimum absolute atomic E-state index is 0.134. The number of pyridine rings is 2. The number of aliphatic hydroxyl groups is 2. The van der Waals surface area contributed by atoms with Gasteiger partial charge in [0.15, 0.2) is 0 Å². The van der Waals surface area contributed by atoms with Gasteiger partial charge in [0, 0.05) is 29.9 Å². The second kappa shape index (κ2) is 10.3. The third-order valence-electron chi connectivity index (χ3n) is 6.17. The maximum Gasteiger partial charge on any atom is 0.416 e. The zero-order valence-electron chi connectivity index (χ0n) is 20.3. The van der Waals surface area contributed by atoms with E-state index >= 15 is 0 Å². The number of hydrogen-bond donors (Lipinski definition) is 3. The van der Waals surface area contributed by atoms with E-state index in [1.165, 1.54) is 23.2 Å². The van der Waals surface area contributed by atoms with Gasteiger partial charge in [-0.3, -0.25) is 10.2 Å². The number of halogens is 3. The zero-order valence-corrected chi connectivity index (χ0v) is 20.3. The predicted octanol–water partition coefficient (Wildman–Crippen LogP) is 4.61. The Hall–Kier alpha value is -3.70. The number of aromatic nitrogens is 2. The number of amides is 2. The monoisotopic (exact) mass is 516 g/mol. The van der Waals surface area contributed by atoms with Crippen LogP contribution in [0.15, 0.2) is 54.7 Å². The molecule has 0 saturated carbocycles. The number of nitrogens with one attached hydrogen (secondary N) is 1. The fourth-order valence-corrected chi connectivity index (χ4v) is 4.02. The summed E-state index contributed by atoms with van der Waals surface area (Å²) in [4.78, 5) is 23.5. The molecule has 0 saturated heterocycles. The summed E-state index contributed by atoms with van der Waals surface area (Å²) in [5.41, 5.74) is 0.325. The fourth-order valence-electron chi connectivity index (χ4n) is 4.02. The predicted molar refractivity (Wildman–Crippen MR) is 132 cm³/mol. The maximum absolute atomic E-state index is 13.3. The molecule has 0 fully saturated rings. The minimum atomic E-state index is -4.49. The molecule has 4 rings (SSSR count). The molecular formula is C26H27F3N4O4. The number of fused-ring (bicyclic) bond motifs is 1. The highest BCUT2D eigenvalue weighted by Crippen LogP contribution is 2.40. The van der Waals surface area contributed by atoms with Crippen molar-refractivity contribution in [2.75, 3.05) is 30.0 Å². The van der Waals surface area contributed by atoms with Crippen molar-refractivity contribution in [3.8, 4) is 17.0 Å². The second-order valence-corrected chi connectivity index (χ2v) is 9.39. The van der Waals surface area contributed by atoms with Crippen LogP contribution in [0.5, 0.6) is 5.75 Å². The molecule has 196 valence electrons. The van der Waals surface area contributed by atoms with Crippen LogP contribution in [-0.2, 0) is 11.6 Å². The van der Waals surface area contributed by atoms with E-state index in [1.807, 2.05) is 13.8 Å². The molecule has 0 radical (unpaired) electrons. The molecule has 1 aliphatic heterocycles. The van der Waals surface area contributed by atoms with Crippen molar-refractivity contribution in [3.05, 3.63) is 65.9 Å². The van der Waals surface area contributed by atoms with Gasteiger partial charge < -0.3 is 14.9 Å². The highest BCUT2D eigenvalue weighted by Gasteiger charge is 2.36. The third kappa shape index (κ3) is 6.00. The van der Waals surface area contributed by atoms with E-state index in [2.05, 4.69) is 15.3 Å². The molecule has 2 aromatic heterocycles. The van der Waals surface area contributed by atoms with Crippen LogP contribution in [0, 0.1) is 0 Å². The van der Waals surface area contributed by atoms with Gasteiger partial charge in [0.1, 0.15) is 30.1 Å². The minimum Gasteiger partial charge on any atom is -0.491 e. The Kier molecular flexibility index (Phi) is 7.37. The fraction of sp³-hybridized carbons (Fsp3) is 0.346. The number of benzene rings is 1. The maximum atomic E-state index is 13.3. The quantitative estimate of drug-likeness (QED) is 0.442. The molecule has 1 unspecified atom stereocenters. The topological polar surface area (TPSA) is 108 Å². The SMILES string of the molecule is CC1(C)CCN(C(=O)Nc2cc(OCC(O)CO)ccn2)c2nc(-c3cccc(C(F)(F)F)c3)ccc21. The smallest absolute Gasteiger partial charge is 0.416 e. The van der Waals surface area contributed by atoms with E-state index < -0.39 is 30.5 Å². The van der Waals surface area contributed by atoms with Crippen molar-refractivity contribution in [1.82, 2.24) is 9.97 Å². The van der Waals surface area contributed by atoms with E-state index in [9.17, 15) is 23.1 Å². The van der Waals surface area contributed by atoms with E-state index in [4.69, 9.17) is 9.84 Å². The van der Waals surface area contributed by atoms with E-state index in [0.717, 1.165) is 17.7 Å². The third-order valence-corrected chi connectivity index (χ3v) is 6.17. The van der Waals surface area contributed by atoms with Crippen LogP contribution in [0.2, 0.25) is 0 Å². The molecule has 0 bridgehead atoms. The van der Waals surface area contributed by atoms with Gasteiger partial charge in [0.05, 0.1) is 17.9 Å². The van der Waals surface area contributed by atoms with Gasteiger partial charge >= 0.3 is 12.2 Å². The summed E-state index contributed by atoms with van der Waals surface area (Å²) in [6.07, 6.45) is -3.46. The van der Waals surface area contributed by atoms with Crippen molar-refractivity contribution in [3.63, 3.8) is 0 Å². The van der Waals surface area contributed by atoms with E-state index in [-0.39, 0.29) is 23.4 Å². The molecule has 0 aliphatic carbocycles. The van der Waals surface area contributed by atoms with Crippen molar-refractivity contribution >= 4 is 17.7 Å². The first-order valence-electron chi connectivity index (χ1n) is 11.6. The Labute approximate surface area is 211 Å². The lowest BCUT2D eigenvalue weighted by atomic mass is 9.79. The average molecular weight is 517 g/mol. The van der Waals surface area contributed by atoms with Crippen LogP contribution in [-0.4, -0.2) is 52.1 Å². The molecular weight excluding hydrogens is 489 g/mol. The van der Waals surface area contributed by atoms with Gasteiger partial charge in [-0.25, -0.2) is 14.8 Å². The van der Waals surface area contributed by atoms with E-state index in [1.54, 1.807) is 24.3 Å². The Morgan fingerprint density at radius 3 is 2.73 bits per heavy atom. The van der Waals surface area contributed by atoms with Gasteiger partial charge in [-0.15, -0.1) is 0 Å². The lowest BCUT2D eigenvalue weighted by Crippen LogP contribution is -2.44. The summed E-state index contributed by atoms with van der Waals surface area (Å²) in [5, 5.41) is 21.1. The van der Waals surface area contributed by atoms with Crippen LogP contribution >= 0.6 is 0 Å². The molecule has 3 N–H and O–H groups in total. The number of aliphatic hydroxyl groups excluding tert-OH is 2. The van der Waals surface area contributed by atoms with Gasteiger partial charge in [0.25, 0.3) is 0 Å². The molecule has 3 aromatic rings. The summed E-state index contributed by atoms with van der Waals surface area (Å²) < 4.78 is 45.1. The molecule has 8 nitrogen and oxygen atoms in total. The molecule has 1 aliphatic rings. The van der Waals surface area contributed by atoms with Crippen molar-refractivity contribution in [2.24, 2.45) is 0 Å². The first-order valence-corrected chi connectivity index (χ1v) is 11.6. The molecule has 2 amide bonds. The number of anilines is 2. The largest absolute Gasteiger partial charge is 0.491 e. The van der Waals surface area contributed by atoms with Gasteiger partial charge in [0.2, 0.25) is 0 Å². The van der Waals surface area contributed by atoms with Crippen molar-refractivity contribution in [1.29, 1.82) is 0 Å². The molecule has 3 heterocycles. The highest BCUT2D eigenvalue weighted by atomic mass is 19.4. The lowest BCUT2D eigenvalue weighted by Gasteiger charge is -2.38. The standard InChI is InChI=1S/C26H27F3N4O4/c1-25(2)9-11-33(24(36)32-22-13-19(8-10-30-22)37-15-18(35)14-34)23-20(25)6-7-21(31-23)16-4-3-5-17(12-16)26(27,28)29/h3-8,10,12-13,18,34-35H,9,11,14-15H2,1-2H3,(H,30,32,36). The second-order valence-electron chi connectivity index (χ2n) is 9.39. The normalized spacial score (nSPS) is 15.6. The van der Waals surface area contributed by atoms with E-state index in [0.29, 0.717) is 30.2 Å². The Balaban J connectivity index is 1.62. The summed E-state index contributed by atoms with van der Waals surface area (Å²) in [6.45, 7) is 3.80. The van der Waals surface area contributed by atoms with Crippen LogP contribution in [0.4, 0.5) is 29.6 Å². The highest BCUT2D eigenvalue weighted by molar-refractivity contribution is 6.01. The zero-order chi connectivity index (χ0) is 26.8. The summed E-state index contributed by atoms with van der Waals surface area (Å²) in [7, 11) is 0. The van der Waals surface area contributed by atoms with Crippen LogP contribution in [0.3, 0.4) is 0 Å². The number of ether oxygens (including phenoxy) is 1. The number of carbonyl (C=O) groups is 1. The van der Waals surface area contributed by atoms with Gasteiger partial charge in [-0.1, -0.05) is 32.0 Å². The molecule has 1 aromatic carbocycles. The number of rotatable bonds is 6. The number of carbonyl (C=O) groups excluding carboxylic acids is 1. The first-order chi connectivity index (χ1) is 17.5. The summed E-state index contributed by atoms with van der Waals surface area (Å²) in [6, 6.07) is 10.9. The first kappa shape index (κ1) is 26.4. The molecule has 0 spiro atoms. The number of urea groups is 1. The van der Waals surface area contributed by atoms with Gasteiger partial charge in [-0.2, -0.15) is 13.2 Å². The summed E-state index contributed by atoms with van der Waals surface area (Å²) in [5.74, 6) is 0.895. The van der Waals surface area contributed by atoms with Crippen molar-refractivity contribution < 1.29 is 32.9 Å². The Bertz CT molecular complexity index is 1280. The number of alkyl halides is 3. The Morgan fingerprint density at radius 2 is 2.00 bits per heavy atom. The van der Waals surface area contributed by atoms with Crippen LogP contribution in [0.25, 0.3) is 11.3 Å². The average Bonchev–Trinajstić information content (AvgIpc) is 2.86. The van der Waals surface area contributed by atoms with Crippen molar-refractivity contribution in [2.45, 2.75) is 38.0 Å². The Morgan fingerprint density at radius 1 is 1.22 bits per heavy atom. The number of nitrogens with zero attached hydrogens (tertiary/aromatic N) is 3. The number of hydrogen-bond acceptors (Lipinski definition) is 6. The van der Waals surface area contributed by atoms with Crippen LogP contribution < -0.4 is 15.0 Å². The molecule has 1 atom stereocenters. The lowest BCUT2D eigenvalue weighted by molar-refractivity contribution is -0.137. The van der Waals surface area contributed by atoms with Gasteiger partial charge in [-0.05, 0) is 36.1 Å². The molecule has 11 heteroatoms. The molecule has 37 heavy (non-hydrogen) atoms. The van der Waals surface area contributed by atoms with Crippen LogP contribution in [0.1, 0.15) is 31.4 Å². The summed E-state index contributed by atoms with van der Waals surface area (Å²) >= 11 is 0.